The summed E-state index contributed by atoms with van der Waals surface area (Å²) in [5, 5.41) is 4.00. The number of hydrogen-bond acceptors (Lipinski definition) is 3. The molecule has 2 atom stereocenters. The van der Waals surface area contributed by atoms with E-state index in [4.69, 9.17) is 0 Å². The Kier molecular flexibility index (Phi) is 4.00. The van der Waals surface area contributed by atoms with Gasteiger partial charge in [-0.25, -0.2) is 0 Å². The van der Waals surface area contributed by atoms with E-state index in [0.29, 0.717) is 12.8 Å². The van der Waals surface area contributed by atoms with Crippen molar-refractivity contribution in [3.05, 3.63) is 65.1 Å². The maximum Gasteiger partial charge on any atom is 0.248 e. The number of carbonyl (C=O) groups excluding carboxylic acids is 1. The summed E-state index contributed by atoms with van der Waals surface area (Å²) < 4.78 is 0. The second-order valence-electron chi connectivity index (χ2n) is 5.82. The van der Waals surface area contributed by atoms with Crippen LogP contribution in [0.1, 0.15) is 18.9 Å². The minimum Gasteiger partial charge on any atom is -0.273 e. The molecule has 0 bridgehead atoms. The highest BCUT2D eigenvalue weighted by molar-refractivity contribution is 5.80. The van der Waals surface area contributed by atoms with Crippen LogP contribution >= 0.6 is 0 Å². The third-order valence-corrected chi connectivity index (χ3v) is 4.24. The molecule has 3 rings (SSSR count). The zero-order valence-corrected chi connectivity index (χ0v) is 12.5. The van der Waals surface area contributed by atoms with Crippen molar-refractivity contribution in [1.29, 1.82) is 0 Å². The van der Waals surface area contributed by atoms with Crippen LogP contribution in [0.15, 0.2) is 59.9 Å². The van der Waals surface area contributed by atoms with E-state index in [1.165, 1.54) is 5.56 Å². The molecule has 2 aromatic carbocycles. The summed E-state index contributed by atoms with van der Waals surface area (Å²) in [4.78, 5) is 22.7. The quantitative estimate of drug-likeness (QED) is 0.805. The largest absolute Gasteiger partial charge is 0.273 e. The molecule has 1 heterocycles. The highest BCUT2D eigenvalue weighted by Crippen LogP contribution is 2.28. The Balaban J connectivity index is 1.74. The number of benzene rings is 2. The van der Waals surface area contributed by atoms with Crippen LogP contribution in [0.2, 0.25) is 0 Å². The molecule has 4 nitrogen and oxygen atoms in total. The molecule has 0 aromatic heterocycles. The highest BCUT2D eigenvalue weighted by Gasteiger charge is 2.38. The Labute approximate surface area is 129 Å². The summed E-state index contributed by atoms with van der Waals surface area (Å²) in [5.41, 5.74) is 3.45. The molecule has 1 amide bonds. The minimum atomic E-state index is -0.166. The SMILES string of the molecule is C[C@@H]1C[C@@H](Cc2ccc(-c3ccccc3)cc2)N(N=O)C1=O. The van der Waals surface area contributed by atoms with Crippen LogP contribution in [0.5, 0.6) is 0 Å². The molecule has 0 N–H and O–H groups in total. The van der Waals surface area contributed by atoms with E-state index >= 15 is 0 Å². The summed E-state index contributed by atoms with van der Waals surface area (Å²) >= 11 is 0. The first-order chi connectivity index (χ1) is 10.7. The molecule has 1 fully saturated rings. The van der Waals surface area contributed by atoms with E-state index in [2.05, 4.69) is 41.7 Å². The monoisotopic (exact) mass is 294 g/mol. The smallest absolute Gasteiger partial charge is 0.248 e. The van der Waals surface area contributed by atoms with Crippen LogP contribution in [-0.2, 0) is 11.2 Å². The molecule has 112 valence electrons. The predicted molar refractivity (Wildman–Crippen MR) is 85.8 cm³/mol. The highest BCUT2D eigenvalue weighted by atomic mass is 16.3. The molecule has 0 unspecified atom stereocenters. The third-order valence-electron chi connectivity index (χ3n) is 4.24. The molecule has 22 heavy (non-hydrogen) atoms. The van der Waals surface area contributed by atoms with Crippen LogP contribution in [0.3, 0.4) is 0 Å². The first-order valence-corrected chi connectivity index (χ1v) is 7.49. The number of nitrogens with zero attached hydrogens (tertiary/aromatic N) is 2. The zero-order valence-electron chi connectivity index (χ0n) is 12.5. The summed E-state index contributed by atoms with van der Waals surface area (Å²) in [7, 11) is 0. The van der Waals surface area contributed by atoms with Crippen molar-refractivity contribution < 1.29 is 4.79 Å². The van der Waals surface area contributed by atoms with E-state index in [-0.39, 0.29) is 17.9 Å². The van der Waals surface area contributed by atoms with Gasteiger partial charge in [0.15, 0.2) is 0 Å². The fourth-order valence-corrected chi connectivity index (χ4v) is 3.03. The van der Waals surface area contributed by atoms with Crippen LogP contribution < -0.4 is 0 Å². The Morgan fingerprint density at radius 1 is 1.05 bits per heavy atom. The molecule has 0 saturated carbocycles. The molecule has 0 radical (unpaired) electrons. The third kappa shape index (κ3) is 2.77. The summed E-state index contributed by atoms with van der Waals surface area (Å²) in [6, 6.07) is 18.3. The Bertz CT molecular complexity index is 667. The second-order valence-corrected chi connectivity index (χ2v) is 5.82. The van der Waals surface area contributed by atoms with Gasteiger partial charge < -0.3 is 0 Å². The van der Waals surface area contributed by atoms with Crippen LogP contribution in [0.4, 0.5) is 0 Å². The minimum absolute atomic E-state index is 0.119. The average molecular weight is 294 g/mol. The molecule has 1 saturated heterocycles. The van der Waals surface area contributed by atoms with Gasteiger partial charge in [-0.1, -0.05) is 61.5 Å². The number of hydrogen-bond donors (Lipinski definition) is 0. The standard InChI is InChI=1S/C18H18N2O2/c1-13-11-17(20(19-22)18(13)21)12-14-7-9-16(10-8-14)15-5-3-2-4-6-15/h2-10,13,17H,11-12H2,1H3/t13-,17+/m1/s1. The molecule has 1 aliphatic heterocycles. The first kappa shape index (κ1) is 14.4. The fourth-order valence-electron chi connectivity index (χ4n) is 3.03. The number of carbonyl (C=O) groups is 1. The normalized spacial score (nSPS) is 21.1. The lowest BCUT2D eigenvalue weighted by atomic mass is 9.98. The maximum absolute atomic E-state index is 11.8. The summed E-state index contributed by atoms with van der Waals surface area (Å²) in [6.07, 6.45) is 1.35. The first-order valence-electron chi connectivity index (χ1n) is 7.49. The van der Waals surface area contributed by atoms with Gasteiger partial charge in [0.25, 0.3) is 0 Å². The lowest BCUT2D eigenvalue weighted by Crippen LogP contribution is -2.29. The van der Waals surface area contributed by atoms with Gasteiger partial charge >= 0.3 is 0 Å². The lowest BCUT2D eigenvalue weighted by molar-refractivity contribution is -0.131. The Hall–Kier alpha value is -2.49. The van der Waals surface area contributed by atoms with E-state index in [1.54, 1.807) is 0 Å². The molecular formula is C18H18N2O2. The average Bonchev–Trinajstić information content (AvgIpc) is 2.82. The topological polar surface area (TPSA) is 49.7 Å². The van der Waals surface area contributed by atoms with Crippen molar-refractivity contribution in [2.24, 2.45) is 11.2 Å². The lowest BCUT2D eigenvalue weighted by Gasteiger charge is -2.16. The van der Waals surface area contributed by atoms with Gasteiger partial charge in [0.05, 0.1) is 11.3 Å². The number of nitroso groups, excluding NO2 is 1. The van der Waals surface area contributed by atoms with Crippen molar-refractivity contribution in [3.8, 4) is 11.1 Å². The molecule has 2 aromatic rings. The van der Waals surface area contributed by atoms with Crippen molar-refractivity contribution >= 4 is 5.91 Å². The molecular weight excluding hydrogens is 276 g/mol. The Morgan fingerprint density at radius 3 is 2.32 bits per heavy atom. The molecule has 0 spiro atoms. The van der Waals surface area contributed by atoms with Crippen molar-refractivity contribution in [1.82, 2.24) is 5.01 Å². The van der Waals surface area contributed by atoms with Crippen LogP contribution in [0.25, 0.3) is 11.1 Å². The molecule has 0 aliphatic carbocycles. The van der Waals surface area contributed by atoms with Gasteiger partial charge in [0.1, 0.15) is 0 Å². The van der Waals surface area contributed by atoms with Gasteiger partial charge in [-0.2, -0.15) is 5.01 Å². The van der Waals surface area contributed by atoms with Crippen molar-refractivity contribution in [2.75, 3.05) is 0 Å². The van der Waals surface area contributed by atoms with E-state index in [9.17, 15) is 9.70 Å². The zero-order chi connectivity index (χ0) is 15.5. The fraction of sp³-hybridized carbons (Fsp3) is 0.278. The van der Waals surface area contributed by atoms with Crippen molar-refractivity contribution in [2.45, 2.75) is 25.8 Å². The van der Waals surface area contributed by atoms with Gasteiger partial charge in [-0.05, 0) is 29.5 Å². The van der Waals surface area contributed by atoms with Gasteiger partial charge in [0.2, 0.25) is 5.91 Å². The number of rotatable bonds is 4. The number of amides is 1. The van der Waals surface area contributed by atoms with Gasteiger partial charge in [-0.15, -0.1) is 4.91 Å². The van der Waals surface area contributed by atoms with E-state index in [1.807, 2.05) is 25.1 Å². The Morgan fingerprint density at radius 2 is 1.68 bits per heavy atom. The van der Waals surface area contributed by atoms with Crippen molar-refractivity contribution in [3.63, 3.8) is 0 Å². The van der Waals surface area contributed by atoms with E-state index in [0.717, 1.165) is 16.1 Å². The second kappa shape index (κ2) is 6.10. The van der Waals surface area contributed by atoms with Gasteiger partial charge in [0, 0.05) is 5.92 Å². The summed E-state index contributed by atoms with van der Waals surface area (Å²) in [6.45, 7) is 1.85. The predicted octanol–water partition coefficient (Wildman–Crippen LogP) is 3.81. The molecule has 1 aliphatic rings. The molecule has 4 heteroatoms. The summed E-state index contributed by atoms with van der Waals surface area (Å²) in [5.74, 6) is -0.285. The van der Waals surface area contributed by atoms with Crippen LogP contribution in [-0.4, -0.2) is 17.0 Å². The van der Waals surface area contributed by atoms with Gasteiger partial charge in [-0.3, -0.25) is 4.79 Å². The van der Waals surface area contributed by atoms with Crippen LogP contribution in [0, 0.1) is 10.8 Å². The maximum atomic E-state index is 11.8. The van der Waals surface area contributed by atoms with E-state index < -0.39 is 0 Å².